The molecule has 0 atom stereocenters. The van der Waals surface area contributed by atoms with Gasteiger partial charge in [-0.2, -0.15) is 0 Å². The van der Waals surface area contributed by atoms with Crippen molar-refractivity contribution in [2.24, 2.45) is 0 Å². The molecular formula is C12H16BrNO. The molecule has 0 saturated carbocycles. The summed E-state index contributed by atoms with van der Waals surface area (Å²) in [7, 11) is 0. The molecule has 0 amide bonds. The molecule has 2 N–H and O–H groups in total. The minimum atomic E-state index is 0.281. The Bertz CT molecular complexity index is 357. The van der Waals surface area contributed by atoms with Gasteiger partial charge in [0.2, 0.25) is 0 Å². The molecule has 0 unspecified atom stereocenters. The van der Waals surface area contributed by atoms with Crippen LogP contribution < -0.4 is 5.32 Å². The van der Waals surface area contributed by atoms with Gasteiger partial charge in [0.15, 0.2) is 0 Å². The molecular weight excluding hydrogens is 254 g/mol. The fourth-order valence-corrected chi connectivity index (χ4v) is 1.58. The van der Waals surface area contributed by atoms with E-state index in [1.165, 1.54) is 5.57 Å². The highest BCUT2D eigenvalue weighted by atomic mass is 79.9. The van der Waals surface area contributed by atoms with Crippen LogP contribution in [-0.4, -0.2) is 11.7 Å². The highest BCUT2D eigenvalue weighted by molar-refractivity contribution is 9.10. The molecule has 0 bridgehead atoms. The third-order valence-electron chi connectivity index (χ3n) is 2.00. The molecule has 0 heterocycles. The Hall–Kier alpha value is -0.800. The number of benzene rings is 1. The summed E-state index contributed by atoms with van der Waals surface area (Å²) in [6.07, 6.45) is 2.15. The number of rotatable bonds is 4. The summed E-state index contributed by atoms with van der Waals surface area (Å²) in [6.45, 7) is 5.85. The molecule has 82 valence electrons. The van der Waals surface area contributed by atoms with Crippen molar-refractivity contribution in [3.63, 3.8) is 0 Å². The minimum absolute atomic E-state index is 0.281. The van der Waals surface area contributed by atoms with Gasteiger partial charge in [-0.1, -0.05) is 17.7 Å². The standard InChI is InChI=1S/C12H16BrNO/c1-9(2)5-6-14-8-10-3-4-12(15)11(13)7-10/h3-5,7,14-15H,6,8H2,1-2H3. The van der Waals surface area contributed by atoms with Gasteiger partial charge in [0.05, 0.1) is 4.47 Å². The molecule has 0 fully saturated rings. The van der Waals surface area contributed by atoms with E-state index in [0.717, 1.165) is 23.1 Å². The van der Waals surface area contributed by atoms with E-state index >= 15 is 0 Å². The lowest BCUT2D eigenvalue weighted by molar-refractivity contribution is 0.471. The molecule has 15 heavy (non-hydrogen) atoms. The monoisotopic (exact) mass is 269 g/mol. The summed E-state index contributed by atoms with van der Waals surface area (Å²) in [6, 6.07) is 5.53. The lowest BCUT2D eigenvalue weighted by Gasteiger charge is -2.04. The van der Waals surface area contributed by atoms with Crippen LogP contribution >= 0.6 is 15.9 Å². The van der Waals surface area contributed by atoms with Gasteiger partial charge in [-0.25, -0.2) is 0 Å². The van der Waals surface area contributed by atoms with Crippen LogP contribution in [-0.2, 0) is 6.54 Å². The zero-order chi connectivity index (χ0) is 11.3. The smallest absolute Gasteiger partial charge is 0.129 e. The number of hydrogen-bond donors (Lipinski definition) is 2. The van der Waals surface area contributed by atoms with Crippen molar-refractivity contribution in [2.75, 3.05) is 6.54 Å². The van der Waals surface area contributed by atoms with Crippen LogP contribution in [0.25, 0.3) is 0 Å². The number of aromatic hydroxyl groups is 1. The Labute approximate surface area is 99.1 Å². The van der Waals surface area contributed by atoms with E-state index in [0.29, 0.717) is 0 Å². The molecule has 0 saturated heterocycles. The molecule has 2 nitrogen and oxygen atoms in total. The average molecular weight is 270 g/mol. The first-order valence-corrected chi connectivity index (χ1v) is 5.70. The number of phenols is 1. The SMILES string of the molecule is CC(C)=CCNCc1ccc(O)c(Br)c1. The molecule has 1 aromatic rings. The topological polar surface area (TPSA) is 32.3 Å². The zero-order valence-corrected chi connectivity index (χ0v) is 10.6. The maximum atomic E-state index is 9.31. The van der Waals surface area contributed by atoms with Gasteiger partial charge in [-0.05, 0) is 47.5 Å². The van der Waals surface area contributed by atoms with Gasteiger partial charge in [0.1, 0.15) is 5.75 Å². The highest BCUT2D eigenvalue weighted by Crippen LogP contribution is 2.23. The molecule has 1 aromatic carbocycles. The third-order valence-corrected chi connectivity index (χ3v) is 2.63. The van der Waals surface area contributed by atoms with Crippen LogP contribution in [0.1, 0.15) is 19.4 Å². The summed E-state index contributed by atoms with van der Waals surface area (Å²) in [5, 5.41) is 12.6. The molecule has 0 spiro atoms. The fourth-order valence-electron chi connectivity index (χ4n) is 1.15. The van der Waals surface area contributed by atoms with Crippen molar-refractivity contribution >= 4 is 15.9 Å². The third kappa shape index (κ3) is 4.49. The Morgan fingerprint density at radius 1 is 1.47 bits per heavy atom. The minimum Gasteiger partial charge on any atom is -0.507 e. The predicted octanol–water partition coefficient (Wildman–Crippen LogP) is 3.21. The predicted molar refractivity (Wildman–Crippen MR) is 66.9 cm³/mol. The Kier molecular flexibility index (Phi) is 4.85. The molecule has 0 aromatic heterocycles. The van der Waals surface area contributed by atoms with E-state index in [2.05, 4.69) is 41.2 Å². The van der Waals surface area contributed by atoms with Crippen molar-refractivity contribution in [3.8, 4) is 5.75 Å². The summed E-state index contributed by atoms with van der Waals surface area (Å²) >= 11 is 3.29. The molecule has 0 aliphatic heterocycles. The van der Waals surface area contributed by atoms with Gasteiger partial charge in [0.25, 0.3) is 0 Å². The van der Waals surface area contributed by atoms with Crippen LogP contribution in [0.4, 0.5) is 0 Å². The first kappa shape index (κ1) is 12.3. The second kappa shape index (κ2) is 5.93. The lowest BCUT2D eigenvalue weighted by Crippen LogP contribution is -2.12. The second-order valence-corrected chi connectivity index (χ2v) is 4.55. The Morgan fingerprint density at radius 3 is 2.80 bits per heavy atom. The van der Waals surface area contributed by atoms with Gasteiger partial charge >= 0.3 is 0 Å². The number of nitrogens with one attached hydrogen (secondary N) is 1. The van der Waals surface area contributed by atoms with E-state index in [1.807, 2.05) is 12.1 Å². The van der Waals surface area contributed by atoms with Crippen molar-refractivity contribution in [3.05, 3.63) is 39.9 Å². The number of halogens is 1. The second-order valence-electron chi connectivity index (χ2n) is 3.70. The average Bonchev–Trinajstić information content (AvgIpc) is 2.18. The normalized spacial score (nSPS) is 10.1. The van der Waals surface area contributed by atoms with Crippen LogP contribution in [0, 0.1) is 0 Å². The summed E-state index contributed by atoms with van der Waals surface area (Å²) in [5.74, 6) is 0.281. The number of phenolic OH excluding ortho intramolecular Hbond substituents is 1. The fraction of sp³-hybridized carbons (Fsp3) is 0.333. The quantitative estimate of drug-likeness (QED) is 0.650. The molecule has 3 heteroatoms. The van der Waals surface area contributed by atoms with Crippen LogP contribution in [0.15, 0.2) is 34.3 Å². The largest absolute Gasteiger partial charge is 0.507 e. The highest BCUT2D eigenvalue weighted by Gasteiger charge is 1.98. The van der Waals surface area contributed by atoms with Gasteiger partial charge in [-0.3, -0.25) is 0 Å². The van der Waals surface area contributed by atoms with E-state index in [9.17, 15) is 5.11 Å². The number of allylic oxidation sites excluding steroid dienone is 1. The van der Waals surface area contributed by atoms with E-state index in [4.69, 9.17) is 0 Å². The van der Waals surface area contributed by atoms with Crippen LogP contribution in [0.2, 0.25) is 0 Å². The van der Waals surface area contributed by atoms with E-state index in [-0.39, 0.29) is 5.75 Å². The van der Waals surface area contributed by atoms with Crippen LogP contribution in [0.3, 0.4) is 0 Å². The van der Waals surface area contributed by atoms with Gasteiger partial charge < -0.3 is 10.4 Å². The van der Waals surface area contributed by atoms with Crippen molar-refractivity contribution in [1.82, 2.24) is 5.32 Å². The lowest BCUT2D eigenvalue weighted by atomic mass is 10.2. The molecule has 0 radical (unpaired) electrons. The van der Waals surface area contributed by atoms with Crippen molar-refractivity contribution < 1.29 is 5.11 Å². The molecule has 1 rings (SSSR count). The van der Waals surface area contributed by atoms with Gasteiger partial charge in [-0.15, -0.1) is 0 Å². The van der Waals surface area contributed by atoms with Gasteiger partial charge in [0, 0.05) is 13.1 Å². The van der Waals surface area contributed by atoms with E-state index < -0.39 is 0 Å². The van der Waals surface area contributed by atoms with E-state index in [1.54, 1.807) is 6.07 Å². The zero-order valence-electron chi connectivity index (χ0n) is 9.05. The summed E-state index contributed by atoms with van der Waals surface area (Å²) in [4.78, 5) is 0. The molecule has 0 aliphatic rings. The Morgan fingerprint density at radius 2 is 2.20 bits per heavy atom. The maximum Gasteiger partial charge on any atom is 0.129 e. The summed E-state index contributed by atoms with van der Waals surface area (Å²) in [5.41, 5.74) is 2.47. The summed E-state index contributed by atoms with van der Waals surface area (Å²) < 4.78 is 0.740. The van der Waals surface area contributed by atoms with Crippen molar-refractivity contribution in [2.45, 2.75) is 20.4 Å². The molecule has 0 aliphatic carbocycles. The first-order valence-electron chi connectivity index (χ1n) is 4.91. The first-order chi connectivity index (χ1) is 7.09. The Balaban J connectivity index is 2.44. The maximum absolute atomic E-state index is 9.31. The number of hydrogen-bond acceptors (Lipinski definition) is 2. The van der Waals surface area contributed by atoms with Crippen molar-refractivity contribution in [1.29, 1.82) is 0 Å². The van der Waals surface area contributed by atoms with Crippen LogP contribution in [0.5, 0.6) is 5.75 Å².